The molecule has 26 heavy (non-hydrogen) atoms. The van der Waals surface area contributed by atoms with Crippen LogP contribution in [0.3, 0.4) is 0 Å². The zero-order valence-electron chi connectivity index (χ0n) is 15.3. The highest BCUT2D eigenvalue weighted by Gasteiger charge is 2.26. The lowest BCUT2D eigenvalue weighted by molar-refractivity contribution is -0.110. The average molecular weight is 350 g/mol. The summed E-state index contributed by atoms with van der Waals surface area (Å²) in [6.07, 6.45) is 2.89. The van der Waals surface area contributed by atoms with Gasteiger partial charge in [0.15, 0.2) is 11.5 Å². The molecule has 134 valence electrons. The highest BCUT2D eigenvalue weighted by Crippen LogP contribution is 2.35. The van der Waals surface area contributed by atoms with Gasteiger partial charge in [0, 0.05) is 30.5 Å². The van der Waals surface area contributed by atoms with Gasteiger partial charge in [0.25, 0.3) is 5.91 Å². The zero-order valence-corrected chi connectivity index (χ0v) is 15.3. The van der Waals surface area contributed by atoms with Crippen molar-refractivity contribution in [2.75, 3.05) is 26.1 Å². The molecule has 5 nitrogen and oxygen atoms in total. The molecule has 0 fully saturated rings. The van der Waals surface area contributed by atoms with Gasteiger partial charge in [0.1, 0.15) is 0 Å². The summed E-state index contributed by atoms with van der Waals surface area (Å²) < 4.78 is 10.8. The Morgan fingerprint density at radius 1 is 1.08 bits per heavy atom. The van der Waals surface area contributed by atoms with Crippen LogP contribution in [-0.2, 0) is 17.8 Å². The van der Waals surface area contributed by atoms with Gasteiger partial charge in [-0.1, -0.05) is 11.6 Å². The van der Waals surface area contributed by atoms with Crippen LogP contribution in [0.4, 0.5) is 5.69 Å². The van der Waals surface area contributed by atoms with E-state index in [2.05, 4.69) is 22.3 Å². The average Bonchev–Trinajstić information content (AvgIpc) is 2.95. The van der Waals surface area contributed by atoms with E-state index in [1.807, 2.05) is 31.3 Å². The van der Waals surface area contributed by atoms with Gasteiger partial charge >= 0.3 is 0 Å². The van der Waals surface area contributed by atoms with E-state index < -0.39 is 0 Å². The van der Waals surface area contributed by atoms with Crippen molar-refractivity contribution < 1.29 is 14.3 Å². The SMILES string of the molecule is COc1cc2c(cc1OC)CN(/C=C1/C(=O)Nc3ccc(C)cc31)CC2. The van der Waals surface area contributed by atoms with Crippen LogP contribution in [0.15, 0.2) is 36.5 Å². The molecule has 2 aromatic rings. The lowest BCUT2D eigenvalue weighted by Crippen LogP contribution is -2.26. The number of benzene rings is 2. The summed E-state index contributed by atoms with van der Waals surface area (Å²) in [6.45, 7) is 3.64. The summed E-state index contributed by atoms with van der Waals surface area (Å²) in [5.74, 6) is 1.46. The molecule has 4 rings (SSSR count). The fraction of sp³-hybridized carbons (Fsp3) is 0.286. The Morgan fingerprint density at radius 3 is 2.54 bits per heavy atom. The van der Waals surface area contributed by atoms with Gasteiger partial charge in [-0.2, -0.15) is 0 Å². The van der Waals surface area contributed by atoms with E-state index in [0.717, 1.165) is 53.4 Å². The fourth-order valence-electron chi connectivity index (χ4n) is 3.63. The molecule has 5 heteroatoms. The number of amides is 1. The minimum atomic E-state index is -0.0382. The largest absolute Gasteiger partial charge is 0.493 e. The Bertz CT molecular complexity index is 918. The monoisotopic (exact) mass is 350 g/mol. The normalized spacial score (nSPS) is 17.0. The van der Waals surface area contributed by atoms with Gasteiger partial charge in [-0.3, -0.25) is 4.79 Å². The lowest BCUT2D eigenvalue weighted by Gasteiger charge is -2.29. The smallest absolute Gasteiger partial charge is 0.257 e. The van der Waals surface area contributed by atoms with Crippen LogP contribution in [-0.4, -0.2) is 31.6 Å². The number of anilines is 1. The predicted molar refractivity (Wildman–Crippen MR) is 101 cm³/mol. The topological polar surface area (TPSA) is 50.8 Å². The molecule has 0 aliphatic carbocycles. The molecule has 0 saturated heterocycles. The number of rotatable bonds is 3. The third-order valence-corrected chi connectivity index (χ3v) is 5.02. The maximum absolute atomic E-state index is 12.4. The number of aryl methyl sites for hydroxylation is 1. The first-order chi connectivity index (χ1) is 12.6. The first-order valence-electron chi connectivity index (χ1n) is 8.71. The van der Waals surface area contributed by atoms with Gasteiger partial charge in [-0.05, 0) is 48.7 Å². The van der Waals surface area contributed by atoms with Crippen molar-refractivity contribution in [1.29, 1.82) is 0 Å². The maximum Gasteiger partial charge on any atom is 0.257 e. The number of nitrogens with one attached hydrogen (secondary N) is 1. The molecule has 0 saturated carbocycles. The molecule has 1 N–H and O–H groups in total. The van der Waals surface area contributed by atoms with Crippen molar-refractivity contribution >= 4 is 17.2 Å². The number of carbonyl (C=O) groups excluding carboxylic acids is 1. The Kier molecular flexibility index (Phi) is 4.07. The van der Waals surface area contributed by atoms with Gasteiger partial charge in [-0.15, -0.1) is 0 Å². The molecule has 0 spiro atoms. The molecule has 0 radical (unpaired) electrons. The van der Waals surface area contributed by atoms with Crippen molar-refractivity contribution in [2.24, 2.45) is 0 Å². The fourth-order valence-corrected chi connectivity index (χ4v) is 3.63. The van der Waals surface area contributed by atoms with Crippen molar-refractivity contribution in [2.45, 2.75) is 19.9 Å². The summed E-state index contributed by atoms with van der Waals surface area (Å²) >= 11 is 0. The van der Waals surface area contributed by atoms with E-state index in [1.54, 1.807) is 14.2 Å². The number of nitrogens with zero attached hydrogens (tertiary/aromatic N) is 1. The summed E-state index contributed by atoms with van der Waals surface area (Å²) in [5.41, 5.74) is 6.21. The van der Waals surface area contributed by atoms with E-state index in [0.29, 0.717) is 0 Å². The second kappa shape index (κ2) is 6.41. The Morgan fingerprint density at radius 2 is 1.81 bits per heavy atom. The first kappa shape index (κ1) is 16.5. The van der Waals surface area contributed by atoms with E-state index >= 15 is 0 Å². The second-order valence-corrected chi connectivity index (χ2v) is 6.74. The summed E-state index contributed by atoms with van der Waals surface area (Å²) in [6, 6.07) is 10.1. The van der Waals surface area contributed by atoms with Crippen LogP contribution in [0.5, 0.6) is 11.5 Å². The molecule has 2 heterocycles. The van der Waals surface area contributed by atoms with Crippen LogP contribution in [0.1, 0.15) is 22.3 Å². The van der Waals surface area contributed by atoms with Gasteiger partial charge < -0.3 is 19.7 Å². The van der Waals surface area contributed by atoms with E-state index in [1.165, 1.54) is 11.1 Å². The number of methoxy groups -OCH3 is 2. The van der Waals surface area contributed by atoms with Crippen LogP contribution < -0.4 is 14.8 Å². The molecule has 0 bridgehead atoms. The molecule has 0 atom stereocenters. The molecule has 2 aromatic carbocycles. The van der Waals surface area contributed by atoms with Gasteiger partial charge in [0.2, 0.25) is 0 Å². The maximum atomic E-state index is 12.4. The molecule has 2 aliphatic rings. The molecule has 0 aromatic heterocycles. The molecule has 2 aliphatic heterocycles. The van der Waals surface area contributed by atoms with Crippen molar-refractivity contribution in [1.82, 2.24) is 4.90 Å². The zero-order chi connectivity index (χ0) is 18.3. The minimum absolute atomic E-state index is 0.0382. The quantitative estimate of drug-likeness (QED) is 0.863. The Balaban J connectivity index is 1.65. The van der Waals surface area contributed by atoms with Crippen molar-refractivity contribution in [3.05, 3.63) is 58.8 Å². The lowest BCUT2D eigenvalue weighted by atomic mass is 9.98. The highest BCUT2D eigenvalue weighted by molar-refractivity contribution is 6.31. The Hall–Kier alpha value is -2.95. The summed E-state index contributed by atoms with van der Waals surface area (Å²) in [5, 5.41) is 2.95. The van der Waals surface area contributed by atoms with E-state index in [-0.39, 0.29) is 5.91 Å². The molecular weight excluding hydrogens is 328 g/mol. The van der Waals surface area contributed by atoms with Crippen LogP contribution in [0.2, 0.25) is 0 Å². The number of carbonyl (C=O) groups is 1. The predicted octanol–water partition coefficient (Wildman–Crippen LogP) is 3.36. The number of ether oxygens (including phenoxy) is 2. The Labute approximate surface area is 153 Å². The molecule has 0 unspecified atom stereocenters. The van der Waals surface area contributed by atoms with Crippen molar-refractivity contribution in [3.63, 3.8) is 0 Å². The van der Waals surface area contributed by atoms with Crippen LogP contribution >= 0.6 is 0 Å². The van der Waals surface area contributed by atoms with E-state index in [9.17, 15) is 4.79 Å². The van der Waals surface area contributed by atoms with Gasteiger partial charge in [-0.25, -0.2) is 0 Å². The molecule has 1 amide bonds. The van der Waals surface area contributed by atoms with Gasteiger partial charge in [0.05, 0.1) is 19.8 Å². The second-order valence-electron chi connectivity index (χ2n) is 6.74. The highest BCUT2D eigenvalue weighted by atomic mass is 16.5. The standard InChI is InChI=1S/C21H22N2O3/c1-13-4-5-18-16(8-13)17(21(24)22-18)12-23-7-6-14-9-19(25-2)20(26-3)10-15(14)11-23/h4-5,8-10,12H,6-7,11H2,1-3H3,(H,22,24)/b17-12+. The van der Waals surface area contributed by atoms with Crippen LogP contribution in [0, 0.1) is 6.92 Å². The number of fused-ring (bicyclic) bond motifs is 2. The first-order valence-corrected chi connectivity index (χ1v) is 8.71. The third-order valence-electron chi connectivity index (χ3n) is 5.02. The summed E-state index contributed by atoms with van der Waals surface area (Å²) in [7, 11) is 3.30. The third kappa shape index (κ3) is 2.79. The van der Waals surface area contributed by atoms with Crippen molar-refractivity contribution in [3.8, 4) is 11.5 Å². The summed E-state index contributed by atoms with van der Waals surface area (Å²) in [4.78, 5) is 14.6. The minimum Gasteiger partial charge on any atom is -0.493 e. The van der Waals surface area contributed by atoms with Crippen LogP contribution in [0.25, 0.3) is 5.57 Å². The number of hydrogen-bond acceptors (Lipinski definition) is 4. The number of hydrogen-bond donors (Lipinski definition) is 1. The molecular formula is C21H22N2O3. The van der Waals surface area contributed by atoms with E-state index in [4.69, 9.17) is 9.47 Å².